The summed E-state index contributed by atoms with van der Waals surface area (Å²) in [6.07, 6.45) is 3.05. The van der Waals surface area contributed by atoms with E-state index < -0.39 is 0 Å². The number of hydrogen-bond acceptors (Lipinski definition) is 4. The lowest BCUT2D eigenvalue weighted by Gasteiger charge is -2.35. The highest BCUT2D eigenvalue weighted by Gasteiger charge is 2.31. The van der Waals surface area contributed by atoms with E-state index in [0.29, 0.717) is 12.2 Å². The first-order chi connectivity index (χ1) is 15.5. The fourth-order valence-electron chi connectivity index (χ4n) is 4.41. The predicted octanol–water partition coefficient (Wildman–Crippen LogP) is 5.52. The number of aryl methyl sites for hydroxylation is 1. The topological polar surface area (TPSA) is 48.6 Å². The molecule has 3 heterocycles. The van der Waals surface area contributed by atoms with Crippen molar-refractivity contribution in [2.24, 2.45) is 0 Å². The summed E-state index contributed by atoms with van der Waals surface area (Å²) in [6, 6.07) is 15.8. The Kier molecular flexibility index (Phi) is 5.49. The first-order valence-electron chi connectivity index (χ1n) is 10.9. The highest BCUT2D eigenvalue weighted by atomic mass is 32.1. The number of amides is 1. The summed E-state index contributed by atoms with van der Waals surface area (Å²) >= 11 is 1.72. The van der Waals surface area contributed by atoms with E-state index in [-0.39, 0.29) is 5.91 Å². The van der Waals surface area contributed by atoms with Crippen LogP contribution < -0.4 is 9.64 Å². The van der Waals surface area contributed by atoms with Gasteiger partial charge in [-0.2, -0.15) is 0 Å². The Morgan fingerprint density at radius 1 is 1.12 bits per heavy atom. The first kappa shape index (κ1) is 20.8. The molecule has 0 saturated carbocycles. The number of carbonyl (C=O) groups excluding carboxylic acids is 1. The van der Waals surface area contributed by atoms with Crippen molar-refractivity contribution in [3.8, 4) is 5.75 Å². The summed E-state index contributed by atoms with van der Waals surface area (Å²) in [5.74, 6) is 0.788. The number of rotatable bonds is 5. The number of carbonyl (C=O) groups is 1. The Bertz CT molecular complexity index is 1270. The summed E-state index contributed by atoms with van der Waals surface area (Å²) in [5.41, 5.74) is 5.74. The average molecular weight is 446 g/mol. The number of fused-ring (bicyclic) bond motifs is 2. The monoisotopic (exact) mass is 445 g/mol. The maximum Gasteiger partial charge on any atom is 0.260 e. The molecular weight excluding hydrogens is 418 g/mol. The van der Waals surface area contributed by atoms with E-state index in [1.165, 1.54) is 32.5 Å². The van der Waals surface area contributed by atoms with Crippen molar-refractivity contribution < 1.29 is 9.53 Å². The molecule has 1 N–H and O–H groups in total. The molecule has 6 heteroatoms. The zero-order chi connectivity index (χ0) is 22.2. The van der Waals surface area contributed by atoms with Crippen LogP contribution in [0.3, 0.4) is 0 Å². The Morgan fingerprint density at radius 3 is 2.69 bits per heavy atom. The van der Waals surface area contributed by atoms with E-state index in [1.807, 2.05) is 29.2 Å². The van der Waals surface area contributed by atoms with E-state index in [0.717, 1.165) is 30.3 Å². The van der Waals surface area contributed by atoms with Crippen molar-refractivity contribution in [2.75, 3.05) is 25.2 Å². The van der Waals surface area contributed by atoms with Crippen LogP contribution in [0, 0.1) is 13.8 Å². The fourth-order valence-corrected chi connectivity index (χ4v) is 5.57. The third-order valence-corrected chi connectivity index (χ3v) is 7.68. The van der Waals surface area contributed by atoms with Gasteiger partial charge in [0.05, 0.1) is 13.8 Å². The minimum atomic E-state index is 0.0342. The van der Waals surface area contributed by atoms with Gasteiger partial charge >= 0.3 is 0 Å². The van der Waals surface area contributed by atoms with Crippen LogP contribution in [0.4, 0.5) is 5.00 Å². The number of anilines is 1. The second kappa shape index (κ2) is 8.45. The third kappa shape index (κ3) is 3.70. The van der Waals surface area contributed by atoms with Crippen molar-refractivity contribution in [1.29, 1.82) is 0 Å². The standard InChI is InChI=1S/C26H27N3O2S/c1-17-18(2)32-26-23(17)15-28(13-12-20-14-27-24-7-5-4-6-22(20)24)16-29(26)25(30)19-8-10-21(31-3)11-9-19/h4-11,14,27H,12-13,15-16H2,1-3H3. The number of methoxy groups -OCH3 is 1. The number of H-pyrrole nitrogens is 1. The molecule has 5 nitrogen and oxygen atoms in total. The number of ether oxygens (including phenoxy) is 1. The van der Waals surface area contributed by atoms with Crippen LogP contribution >= 0.6 is 11.3 Å². The van der Waals surface area contributed by atoms with E-state index in [2.05, 4.69) is 54.2 Å². The predicted molar refractivity (Wildman–Crippen MR) is 131 cm³/mol. The van der Waals surface area contributed by atoms with Crippen LogP contribution in [0.1, 0.15) is 31.9 Å². The maximum absolute atomic E-state index is 13.5. The van der Waals surface area contributed by atoms with Gasteiger partial charge < -0.3 is 9.72 Å². The van der Waals surface area contributed by atoms with E-state index in [1.54, 1.807) is 18.4 Å². The lowest BCUT2D eigenvalue weighted by Crippen LogP contribution is -2.45. The number of benzene rings is 2. The molecule has 32 heavy (non-hydrogen) atoms. The SMILES string of the molecule is COc1ccc(C(=O)N2CN(CCc3c[nH]c4ccccc34)Cc3c2sc(C)c3C)cc1. The summed E-state index contributed by atoms with van der Waals surface area (Å²) < 4.78 is 5.25. The number of nitrogens with zero attached hydrogens (tertiary/aromatic N) is 2. The number of para-hydroxylation sites is 1. The molecule has 1 aliphatic rings. The molecule has 164 valence electrons. The van der Waals surface area contributed by atoms with E-state index >= 15 is 0 Å². The van der Waals surface area contributed by atoms with Gasteiger partial charge in [0, 0.05) is 46.2 Å². The number of hydrogen-bond donors (Lipinski definition) is 1. The van der Waals surface area contributed by atoms with Gasteiger partial charge in [-0.25, -0.2) is 0 Å². The molecule has 0 aliphatic carbocycles. The van der Waals surface area contributed by atoms with Gasteiger partial charge in [-0.3, -0.25) is 14.6 Å². The van der Waals surface area contributed by atoms with E-state index in [9.17, 15) is 4.79 Å². The Balaban J connectivity index is 1.40. The number of thiophene rings is 1. The molecule has 1 aliphatic heterocycles. The fraction of sp³-hybridized carbons (Fsp3) is 0.269. The molecule has 0 radical (unpaired) electrons. The van der Waals surface area contributed by atoms with Crippen molar-refractivity contribution in [3.05, 3.63) is 81.9 Å². The molecular formula is C26H27N3O2S. The lowest BCUT2D eigenvalue weighted by atomic mass is 10.1. The van der Waals surface area contributed by atoms with E-state index in [4.69, 9.17) is 4.74 Å². The Hall–Kier alpha value is -3.09. The highest BCUT2D eigenvalue weighted by molar-refractivity contribution is 7.16. The number of aromatic amines is 1. The highest BCUT2D eigenvalue weighted by Crippen LogP contribution is 2.40. The average Bonchev–Trinajstić information content (AvgIpc) is 3.37. The molecule has 0 atom stereocenters. The summed E-state index contributed by atoms with van der Waals surface area (Å²) in [6.45, 7) is 6.68. The van der Waals surface area contributed by atoms with Gasteiger partial charge in [0.1, 0.15) is 10.8 Å². The summed E-state index contributed by atoms with van der Waals surface area (Å²) in [4.78, 5) is 22.5. The maximum atomic E-state index is 13.5. The van der Waals surface area contributed by atoms with Crippen molar-refractivity contribution in [1.82, 2.24) is 9.88 Å². The van der Waals surface area contributed by atoms with Crippen LogP contribution in [0.15, 0.2) is 54.7 Å². The van der Waals surface area contributed by atoms with Crippen molar-refractivity contribution in [3.63, 3.8) is 0 Å². The summed E-state index contributed by atoms with van der Waals surface area (Å²) in [5, 5.41) is 2.36. The molecule has 0 unspecified atom stereocenters. The van der Waals surface area contributed by atoms with Gasteiger partial charge in [0.2, 0.25) is 0 Å². The number of aromatic nitrogens is 1. The van der Waals surface area contributed by atoms with Gasteiger partial charge in [-0.05, 0) is 61.7 Å². The second-order valence-corrected chi connectivity index (χ2v) is 9.54. The van der Waals surface area contributed by atoms with Gasteiger partial charge in [-0.15, -0.1) is 11.3 Å². The van der Waals surface area contributed by atoms with Crippen molar-refractivity contribution in [2.45, 2.75) is 26.8 Å². The molecule has 2 aromatic carbocycles. The van der Waals surface area contributed by atoms with Crippen LogP contribution in [-0.2, 0) is 13.0 Å². The molecule has 0 saturated heterocycles. The lowest BCUT2D eigenvalue weighted by molar-refractivity contribution is 0.0960. The van der Waals surface area contributed by atoms with Gasteiger partial charge in [-0.1, -0.05) is 18.2 Å². The molecule has 0 spiro atoms. The Labute approximate surface area is 192 Å². The van der Waals surface area contributed by atoms with Gasteiger partial charge in [0.25, 0.3) is 5.91 Å². The third-order valence-electron chi connectivity index (χ3n) is 6.41. The first-order valence-corrected chi connectivity index (χ1v) is 11.7. The molecule has 5 rings (SSSR count). The molecule has 2 aromatic heterocycles. The molecule has 0 bridgehead atoms. The zero-order valence-corrected chi connectivity index (χ0v) is 19.5. The van der Waals surface area contributed by atoms with Crippen molar-refractivity contribution >= 4 is 33.1 Å². The molecule has 4 aromatic rings. The van der Waals surface area contributed by atoms with Crippen LogP contribution in [0.2, 0.25) is 0 Å². The molecule has 0 fully saturated rings. The van der Waals surface area contributed by atoms with Crippen LogP contribution in [0.5, 0.6) is 5.75 Å². The summed E-state index contributed by atoms with van der Waals surface area (Å²) in [7, 11) is 1.64. The zero-order valence-electron chi connectivity index (χ0n) is 18.6. The quantitative estimate of drug-likeness (QED) is 0.440. The van der Waals surface area contributed by atoms with Gasteiger partial charge in [0.15, 0.2) is 0 Å². The van der Waals surface area contributed by atoms with Crippen LogP contribution in [0.25, 0.3) is 10.9 Å². The minimum Gasteiger partial charge on any atom is -0.497 e. The molecule has 1 amide bonds. The Morgan fingerprint density at radius 2 is 1.91 bits per heavy atom. The normalized spacial score (nSPS) is 14.0. The number of nitrogens with one attached hydrogen (secondary N) is 1. The minimum absolute atomic E-state index is 0.0342. The smallest absolute Gasteiger partial charge is 0.260 e. The largest absolute Gasteiger partial charge is 0.497 e. The van der Waals surface area contributed by atoms with Crippen LogP contribution in [-0.4, -0.2) is 36.1 Å². The second-order valence-electron chi connectivity index (χ2n) is 8.33.